The number of hydrogen-bond acceptors (Lipinski definition) is 5. The molecule has 1 amide bonds. The number of piperidine rings is 1. The van der Waals surface area contributed by atoms with Crippen LogP contribution in [0.15, 0.2) is 65.6 Å². The van der Waals surface area contributed by atoms with Crippen molar-refractivity contribution in [3.63, 3.8) is 0 Å². The summed E-state index contributed by atoms with van der Waals surface area (Å²) in [5.74, 6) is -0.800. The van der Waals surface area contributed by atoms with Gasteiger partial charge in [-0.25, -0.2) is 21.1 Å². The summed E-state index contributed by atoms with van der Waals surface area (Å²) >= 11 is 11.9. The van der Waals surface area contributed by atoms with Crippen LogP contribution in [0.3, 0.4) is 0 Å². The number of amides is 1. The molecule has 2 N–H and O–H groups in total. The second-order valence-corrected chi connectivity index (χ2v) is 14.1. The van der Waals surface area contributed by atoms with Crippen molar-refractivity contribution in [1.29, 1.82) is 0 Å². The van der Waals surface area contributed by atoms with Gasteiger partial charge in [-0.05, 0) is 91.9 Å². The SMILES string of the molecule is Cc1ccc(NS(=O)(=O)c2ccc(NC(=O)C3CCN(S(=O)(=O)Cc4ccc(Cl)c(Cl)c4)CC3)cc2)cc1C. The number of anilines is 2. The first-order chi connectivity index (χ1) is 18.3. The summed E-state index contributed by atoms with van der Waals surface area (Å²) in [6.45, 7) is 4.31. The van der Waals surface area contributed by atoms with Crippen molar-refractivity contribution in [1.82, 2.24) is 4.31 Å². The Morgan fingerprint density at radius 3 is 2.10 bits per heavy atom. The zero-order chi connectivity index (χ0) is 28.4. The van der Waals surface area contributed by atoms with Crippen molar-refractivity contribution < 1.29 is 21.6 Å². The maximum Gasteiger partial charge on any atom is 0.261 e. The number of benzene rings is 3. The van der Waals surface area contributed by atoms with Gasteiger partial charge in [0.15, 0.2) is 0 Å². The fourth-order valence-corrected chi connectivity index (χ4v) is 7.23. The zero-order valence-corrected chi connectivity index (χ0v) is 24.6. The molecule has 1 saturated heterocycles. The number of aryl methyl sites for hydroxylation is 2. The summed E-state index contributed by atoms with van der Waals surface area (Å²) in [6.07, 6.45) is 0.748. The van der Waals surface area contributed by atoms with E-state index >= 15 is 0 Å². The molecule has 0 atom stereocenters. The van der Waals surface area contributed by atoms with Gasteiger partial charge in [0.25, 0.3) is 10.0 Å². The van der Waals surface area contributed by atoms with E-state index in [0.717, 1.165) is 11.1 Å². The zero-order valence-electron chi connectivity index (χ0n) is 21.4. The highest BCUT2D eigenvalue weighted by atomic mass is 35.5. The molecule has 3 aromatic carbocycles. The maximum atomic E-state index is 12.9. The number of sulfonamides is 2. The molecule has 12 heteroatoms. The third kappa shape index (κ3) is 7.32. The highest BCUT2D eigenvalue weighted by Gasteiger charge is 2.31. The normalized spacial score (nSPS) is 15.2. The molecule has 208 valence electrons. The smallest absolute Gasteiger partial charge is 0.261 e. The summed E-state index contributed by atoms with van der Waals surface area (Å²) in [4.78, 5) is 12.9. The van der Waals surface area contributed by atoms with Crippen LogP contribution in [-0.4, -0.2) is 40.1 Å². The van der Waals surface area contributed by atoms with Crippen LogP contribution in [0.4, 0.5) is 11.4 Å². The van der Waals surface area contributed by atoms with Gasteiger partial charge in [-0.3, -0.25) is 9.52 Å². The predicted octanol–water partition coefficient (Wildman–Crippen LogP) is 5.59. The highest BCUT2D eigenvalue weighted by molar-refractivity contribution is 7.92. The molecule has 4 rings (SSSR count). The Morgan fingerprint density at radius 2 is 1.49 bits per heavy atom. The summed E-state index contributed by atoms with van der Waals surface area (Å²) in [6, 6.07) is 16.0. The Bertz CT molecular complexity index is 1590. The number of rotatable bonds is 8. The van der Waals surface area contributed by atoms with Crippen molar-refractivity contribution in [2.24, 2.45) is 5.92 Å². The average Bonchev–Trinajstić information content (AvgIpc) is 2.88. The van der Waals surface area contributed by atoms with E-state index in [2.05, 4.69) is 10.0 Å². The molecular weight excluding hydrogens is 581 g/mol. The minimum atomic E-state index is -3.80. The van der Waals surface area contributed by atoms with Gasteiger partial charge >= 0.3 is 0 Å². The van der Waals surface area contributed by atoms with Crippen LogP contribution in [-0.2, 0) is 30.6 Å². The Morgan fingerprint density at radius 1 is 0.846 bits per heavy atom. The molecule has 1 fully saturated rings. The molecule has 3 aromatic rings. The van der Waals surface area contributed by atoms with Gasteiger partial charge in [-0.1, -0.05) is 35.3 Å². The van der Waals surface area contributed by atoms with Gasteiger partial charge in [-0.2, -0.15) is 0 Å². The van der Waals surface area contributed by atoms with E-state index in [0.29, 0.717) is 39.8 Å². The summed E-state index contributed by atoms with van der Waals surface area (Å²) in [5, 5.41) is 3.46. The number of hydrogen-bond donors (Lipinski definition) is 2. The molecule has 0 unspecified atom stereocenters. The monoisotopic (exact) mass is 609 g/mol. The predicted molar refractivity (Wildman–Crippen MR) is 155 cm³/mol. The molecule has 8 nitrogen and oxygen atoms in total. The maximum absolute atomic E-state index is 12.9. The minimum absolute atomic E-state index is 0.0687. The number of carbonyl (C=O) groups is 1. The molecule has 0 saturated carbocycles. The number of halogens is 2. The quantitative estimate of drug-likeness (QED) is 0.345. The van der Waals surface area contributed by atoms with E-state index in [1.807, 2.05) is 19.9 Å². The first-order valence-corrected chi connectivity index (χ1v) is 16.1. The second-order valence-electron chi connectivity index (χ2n) is 9.60. The van der Waals surface area contributed by atoms with Gasteiger partial charge in [0.2, 0.25) is 15.9 Å². The van der Waals surface area contributed by atoms with Crippen molar-refractivity contribution in [3.8, 4) is 0 Å². The molecule has 0 aliphatic carbocycles. The highest BCUT2D eigenvalue weighted by Crippen LogP contribution is 2.27. The lowest BCUT2D eigenvalue weighted by molar-refractivity contribution is -0.120. The Balaban J connectivity index is 1.32. The van der Waals surface area contributed by atoms with E-state index in [-0.39, 0.29) is 35.6 Å². The van der Waals surface area contributed by atoms with Crippen molar-refractivity contribution in [2.45, 2.75) is 37.3 Å². The summed E-state index contributed by atoms with van der Waals surface area (Å²) in [5.41, 5.74) is 3.51. The van der Waals surface area contributed by atoms with Gasteiger partial charge in [-0.15, -0.1) is 0 Å². The molecule has 39 heavy (non-hydrogen) atoms. The van der Waals surface area contributed by atoms with E-state index in [4.69, 9.17) is 23.2 Å². The molecule has 1 aliphatic heterocycles. The third-order valence-electron chi connectivity index (χ3n) is 6.74. The van der Waals surface area contributed by atoms with Crippen LogP contribution in [0.25, 0.3) is 0 Å². The van der Waals surface area contributed by atoms with Crippen molar-refractivity contribution >= 4 is 60.5 Å². The molecular formula is C27H29Cl2N3O5S2. The molecule has 0 spiro atoms. The molecule has 0 bridgehead atoms. The van der Waals surface area contributed by atoms with Crippen LogP contribution >= 0.6 is 23.2 Å². The van der Waals surface area contributed by atoms with Crippen LogP contribution in [0, 0.1) is 19.8 Å². The molecule has 1 heterocycles. The molecule has 0 radical (unpaired) electrons. The number of carbonyl (C=O) groups excluding carboxylic acids is 1. The second kappa shape index (κ2) is 11.9. The van der Waals surface area contributed by atoms with Gasteiger partial charge in [0.05, 0.1) is 20.7 Å². The first kappa shape index (κ1) is 29.4. The lowest BCUT2D eigenvalue weighted by atomic mass is 9.97. The number of nitrogens with one attached hydrogen (secondary N) is 2. The summed E-state index contributed by atoms with van der Waals surface area (Å²) < 4.78 is 55.3. The van der Waals surface area contributed by atoms with Gasteiger partial charge < -0.3 is 5.32 Å². The van der Waals surface area contributed by atoms with E-state index in [1.165, 1.54) is 34.6 Å². The van der Waals surface area contributed by atoms with E-state index < -0.39 is 20.0 Å². The fraction of sp³-hybridized carbons (Fsp3) is 0.296. The van der Waals surface area contributed by atoms with Crippen LogP contribution in [0.2, 0.25) is 10.0 Å². The minimum Gasteiger partial charge on any atom is -0.326 e. The van der Waals surface area contributed by atoms with Gasteiger partial charge in [0, 0.05) is 30.4 Å². The largest absolute Gasteiger partial charge is 0.326 e. The van der Waals surface area contributed by atoms with Gasteiger partial charge in [0.1, 0.15) is 0 Å². The van der Waals surface area contributed by atoms with E-state index in [1.54, 1.807) is 24.3 Å². The van der Waals surface area contributed by atoms with E-state index in [9.17, 15) is 21.6 Å². The van der Waals surface area contributed by atoms with Crippen LogP contribution in [0.5, 0.6) is 0 Å². The Hall–Kier alpha value is -2.63. The topological polar surface area (TPSA) is 113 Å². The first-order valence-electron chi connectivity index (χ1n) is 12.3. The average molecular weight is 611 g/mol. The molecule has 1 aliphatic rings. The lowest BCUT2D eigenvalue weighted by Gasteiger charge is -2.30. The van der Waals surface area contributed by atoms with Crippen LogP contribution in [0.1, 0.15) is 29.5 Å². The Kier molecular flexibility index (Phi) is 8.92. The fourth-order valence-electron chi connectivity index (χ4n) is 4.31. The number of nitrogens with zero attached hydrogens (tertiary/aromatic N) is 1. The standard InChI is InChI=1S/C27H29Cl2N3O5S2/c1-18-3-5-23(15-19(18)2)31-39(36,37)24-8-6-22(7-9-24)30-27(33)21-11-13-32(14-12-21)38(34,35)17-20-4-10-25(28)26(29)16-20/h3-10,15-16,21,31H,11-14,17H2,1-2H3,(H,30,33). The van der Waals surface area contributed by atoms with Crippen LogP contribution < -0.4 is 10.0 Å². The van der Waals surface area contributed by atoms with Crippen molar-refractivity contribution in [2.75, 3.05) is 23.1 Å². The Labute approximate surface area is 239 Å². The summed E-state index contributed by atoms with van der Waals surface area (Å²) in [7, 11) is -7.38. The third-order valence-corrected chi connectivity index (χ3v) is 10.7. The van der Waals surface area contributed by atoms with Crippen molar-refractivity contribution in [3.05, 3.63) is 87.4 Å². The lowest BCUT2D eigenvalue weighted by Crippen LogP contribution is -2.41. The molecule has 0 aromatic heterocycles.